The second-order valence-corrected chi connectivity index (χ2v) is 5.53. The Bertz CT molecular complexity index is 236. The molecule has 0 aliphatic heterocycles. The Morgan fingerprint density at radius 1 is 1.38 bits per heavy atom. The maximum atomic E-state index is 12.3. The van der Waals surface area contributed by atoms with E-state index >= 15 is 0 Å². The van der Waals surface area contributed by atoms with E-state index in [9.17, 15) is 4.79 Å². The molecule has 2 N–H and O–H groups in total. The molecular formula is C13H26N2O. The smallest absolute Gasteiger partial charge is 0.240 e. The molecule has 1 fully saturated rings. The van der Waals surface area contributed by atoms with Gasteiger partial charge in [-0.05, 0) is 24.7 Å². The molecule has 0 aromatic rings. The van der Waals surface area contributed by atoms with Crippen molar-refractivity contribution in [2.24, 2.45) is 17.6 Å². The van der Waals surface area contributed by atoms with Crippen molar-refractivity contribution in [3.8, 4) is 0 Å². The molecule has 1 rings (SSSR count). The summed E-state index contributed by atoms with van der Waals surface area (Å²) < 4.78 is 0. The molecule has 0 heterocycles. The molecule has 1 aliphatic carbocycles. The molecule has 1 amide bonds. The molecule has 94 valence electrons. The normalized spacial score (nSPS) is 19.6. The van der Waals surface area contributed by atoms with Gasteiger partial charge in [-0.15, -0.1) is 0 Å². The second kappa shape index (κ2) is 5.67. The third kappa shape index (κ3) is 3.48. The maximum absolute atomic E-state index is 12.3. The number of hydrogen-bond donors (Lipinski definition) is 1. The largest absolute Gasteiger partial charge is 0.338 e. The minimum atomic E-state index is -0.315. The fourth-order valence-electron chi connectivity index (χ4n) is 1.89. The summed E-state index contributed by atoms with van der Waals surface area (Å²) in [5, 5.41) is 0. The van der Waals surface area contributed by atoms with Crippen LogP contribution >= 0.6 is 0 Å². The summed E-state index contributed by atoms with van der Waals surface area (Å²) in [6.07, 6.45) is 3.28. The first-order chi connectivity index (χ1) is 7.47. The van der Waals surface area contributed by atoms with Crippen LogP contribution in [0.3, 0.4) is 0 Å². The number of rotatable bonds is 6. The van der Waals surface area contributed by atoms with Gasteiger partial charge in [0.15, 0.2) is 0 Å². The summed E-state index contributed by atoms with van der Waals surface area (Å²) in [6, 6.07) is 0.161. The van der Waals surface area contributed by atoms with Crippen LogP contribution in [-0.2, 0) is 4.79 Å². The Morgan fingerprint density at radius 2 is 1.94 bits per heavy atom. The summed E-state index contributed by atoms with van der Waals surface area (Å²) in [5.74, 6) is 0.958. The number of amides is 1. The van der Waals surface area contributed by atoms with Gasteiger partial charge in [0.1, 0.15) is 0 Å². The molecule has 0 aromatic carbocycles. The lowest BCUT2D eigenvalue weighted by Crippen LogP contribution is -2.49. The Kier molecular flexibility index (Phi) is 4.78. The summed E-state index contributed by atoms with van der Waals surface area (Å²) in [6.45, 7) is 9.30. The van der Waals surface area contributed by atoms with Crippen molar-refractivity contribution in [3.05, 3.63) is 0 Å². The summed E-state index contributed by atoms with van der Waals surface area (Å²) in [4.78, 5) is 14.3. The number of carbonyl (C=O) groups excluding carboxylic acids is 1. The first kappa shape index (κ1) is 13.5. The van der Waals surface area contributed by atoms with E-state index in [0.29, 0.717) is 12.0 Å². The van der Waals surface area contributed by atoms with Gasteiger partial charge in [-0.2, -0.15) is 0 Å². The van der Waals surface area contributed by atoms with E-state index in [1.54, 1.807) is 0 Å². The third-order valence-electron chi connectivity index (χ3n) is 3.37. The third-order valence-corrected chi connectivity index (χ3v) is 3.37. The fraction of sp³-hybridized carbons (Fsp3) is 0.923. The van der Waals surface area contributed by atoms with Gasteiger partial charge < -0.3 is 10.6 Å². The van der Waals surface area contributed by atoms with E-state index in [2.05, 4.69) is 27.7 Å². The van der Waals surface area contributed by atoms with Crippen LogP contribution in [0.15, 0.2) is 0 Å². The van der Waals surface area contributed by atoms with Crippen LogP contribution in [0.5, 0.6) is 0 Å². The SMILES string of the molecule is CCC(C)[C@H](N)C(=O)N(CC(C)C)C1CC1. The van der Waals surface area contributed by atoms with E-state index in [0.717, 1.165) is 25.8 Å². The van der Waals surface area contributed by atoms with Crippen LogP contribution in [-0.4, -0.2) is 29.4 Å². The van der Waals surface area contributed by atoms with Gasteiger partial charge in [0.05, 0.1) is 6.04 Å². The lowest BCUT2D eigenvalue weighted by molar-refractivity contribution is -0.134. The molecule has 1 aliphatic rings. The quantitative estimate of drug-likeness (QED) is 0.753. The lowest BCUT2D eigenvalue weighted by Gasteiger charge is -2.29. The number of carbonyl (C=O) groups is 1. The fourth-order valence-corrected chi connectivity index (χ4v) is 1.89. The molecule has 0 aromatic heterocycles. The molecule has 3 heteroatoms. The standard InChI is InChI=1S/C13H26N2O/c1-5-10(4)12(14)13(16)15(8-9(2)3)11-6-7-11/h9-12H,5-8,14H2,1-4H3/t10?,12-/m0/s1. The van der Waals surface area contributed by atoms with Crippen molar-refractivity contribution in [3.63, 3.8) is 0 Å². The molecule has 0 spiro atoms. The maximum Gasteiger partial charge on any atom is 0.240 e. The molecular weight excluding hydrogens is 200 g/mol. The predicted molar refractivity (Wildman–Crippen MR) is 67.0 cm³/mol. The first-order valence-electron chi connectivity index (χ1n) is 6.53. The highest BCUT2D eigenvalue weighted by molar-refractivity contribution is 5.82. The van der Waals surface area contributed by atoms with Crippen LogP contribution < -0.4 is 5.73 Å². The zero-order valence-electron chi connectivity index (χ0n) is 11.1. The molecule has 16 heavy (non-hydrogen) atoms. The molecule has 0 radical (unpaired) electrons. The number of nitrogens with zero attached hydrogens (tertiary/aromatic N) is 1. The van der Waals surface area contributed by atoms with Crippen molar-refractivity contribution in [1.82, 2.24) is 4.90 Å². The van der Waals surface area contributed by atoms with Gasteiger partial charge >= 0.3 is 0 Å². The molecule has 0 bridgehead atoms. The van der Waals surface area contributed by atoms with Crippen molar-refractivity contribution >= 4 is 5.91 Å². The van der Waals surface area contributed by atoms with Gasteiger partial charge in [-0.25, -0.2) is 0 Å². The highest BCUT2D eigenvalue weighted by Crippen LogP contribution is 2.28. The predicted octanol–water partition coefficient (Wildman–Crippen LogP) is 2.01. The molecule has 2 atom stereocenters. The topological polar surface area (TPSA) is 46.3 Å². The number of hydrogen-bond acceptors (Lipinski definition) is 2. The average molecular weight is 226 g/mol. The zero-order valence-corrected chi connectivity index (χ0v) is 11.1. The molecule has 3 nitrogen and oxygen atoms in total. The van der Waals surface area contributed by atoms with E-state index in [1.165, 1.54) is 0 Å². The second-order valence-electron chi connectivity index (χ2n) is 5.53. The van der Waals surface area contributed by atoms with Gasteiger partial charge in [-0.1, -0.05) is 34.1 Å². The summed E-state index contributed by atoms with van der Waals surface area (Å²) in [5.41, 5.74) is 6.02. The summed E-state index contributed by atoms with van der Waals surface area (Å²) >= 11 is 0. The summed E-state index contributed by atoms with van der Waals surface area (Å²) in [7, 11) is 0. The van der Waals surface area contributed by atoms with Gasteiger partial charge in [0.25, 0.3) is 0 Å². The Labute approximate surface area is 99.4 Å². The van der Waals surface area contributed by atoms with Gasteiger partial charge in [0.2, 0.25) is 5.91 Å². The van der Waals surface area contributed by atoms with Crippen LogP contribution in [0.2, 0.25) is 0 Å². The van der Waals surface area contributed by atoms with Crippen LogP contribution in [0.25, 0.3) is 0 Å². The van der Waals surface area contributed by atoms with E-state index in [4.69, 9.17) is 5.73 Å². The van der Waals surface area contributed by atoms with Crippen LogP contribution in [0.1, 0.15) is 47.0 Å². The molecule has 0 saturated heterocycles. The Morgan fingerprint density at radius 3 is 2.31 bits per heavy atom. The van der Waals surface area contributed by atoms with Gasteiger partial charge in [-0.3, -0.25) is 4.79 Å². The van der Waals surface area contributed by atoms with E-state index in [1.807, 2.05) is 4.90 Å². The van der Waals surface area contributed by atoms with Crippen molar-refractivity contribution in [2.75, 3.05) is 6.54 Å². The van der Waals surface area contributed by atoms with Crippen molar-refractivity contribution < 1.29 is 4.79 Å². The lowest BCUT2D eigenvalue weighted by atomic mass is 9.98. The average Bonchev–Trinajstić information content (AvgIpc) is 3.06. The highest BCUT2D eigenvalue weighted by atomic mass is 16.2. The molecule has 1 saturated carbocycles. The monoisotopic (exact) mass is 226 g/mol. The minimum Gasteiger partial charge on any atom is -0.338 e. The first-order valence-corrected chi connectivity index (χ1v) is 6.53. The van der Waals surface area contributed by atoms with Crippen LogP contribution in [0.4, 0.5) is 0 Å². The highest BCUT2D eigenvalue weighted by Gasteiger charge is 2.35. The Hall–Kier alpha value is -0.570. The van der Waals surface area contributed by atoms with Crippen LogP contribution in [0, 0.1) is 11.8 Å². The van der Waals surface area contributed by atoms with Gasteiger partial charge in [0, 0.05) is 12.6 Å². The molecule has 1 unspecified atom stereocenters. The zero-order chi connectivity index (χ0) is 12.3. The van der Waals surface area contributed by atoms with Crippen molar-refractivity contribution in [1.29, 1.82) is 0 Å². The van der Waals surface area contributed by atoms with E-state index in [-0.39, 0.29) is 17.9 Å². The number of nitrogens with two attached hydrogens (primary N) is 1. The minimum absolute atomic E-state index is 0.158. The van der Waals surface area contributed by atoms with Crippen molar-refractivity contribution in [2.45, 2.75) is 59.0 Å². The van der Waals surface area contributed by atoms with E-state index < -0.39 is 0 Å². The Balaban J connectivity index is 2.59.